The minimum Gasteiger partial charge on any atom is -0.493 e. The zero-order valence-corrected chi connectivity index (χ0v) is 12.3. The van der Waals surface area contributed by atoms with Gasteiger partial charge in [-0.2, -0.15) is 0 Å². The van der Waals surface area contributed by atoms with Gasteiger partial charge in [-0.05, 0) is 43.0 Å². The Kier molecular flexibility index (Phi) is 5.01. The second-order valence-corrected chi connectivity index (χ2v) is 5.86. The van der Waals surface area contributed by atoms with Crippen LogP contribution in [-0.2, 0) is 0 Å². The number of nitrogens with two attached hydrogens (primary N) is 1. The lowest BCUT2D eigenvalue weighted by atomic mass is 10.0. The molecule has 20 heavy (non-hydrogen) atoms. The molecule has 0 spiro atoms. The lowest BCUT2D eigenvalue weighted by Gasteiger charge is -2.30. The molecule has 1 fully saturated rings. The number of rotatable bonds is 4. The molecule has 0 bridgehead atoms. The van der Waals surface area contributed by atoms with E-state index in [-0.39, 0.29) is 11.9 Å². The zero-order chi connectivity index (χ0) is 14.5. The fourth-order valence-electron chi connectivity index (χ4n) is 2.24. The first-order chi connectivity index (χ1) is 9.56. The van der Waals surface area contributed by atoms with Crippen molar-refractivity contribution in [1.82, 2.24) is 4.90 Å². The number of amides is 1. The number of likely N-dealkylation sites (tertiary alicyclic amines) is 1. The molecule has 0 aromatic heterocycles. The van der Waals surface area contributed by atoms with Gasteiger partial charge in [-0.1, -0.05) is 13.8 Å². The number of ether oxygens (including phenoxy) is 1. The predicted molar refractivity (Wildman–Crippen MR) is 79.9 cm³/mol. The molecule has 0 radical (unpaired) electrons. The van der Waals surface area contributed by atoms with E-state index < -0.39 is 0 Å². The van der Waals surface area contributed by atoms with Crippen molar-refractivity contribution in [2.45, 2.75) is 32.7 Å². The van der Waals surface area contributed by atoms with Crippen molar-refractivity contribution in [3.05, 3.63) is 29.8 Å². The number of nitrogens with zero attached hydrogens (tertiary/aromatic N) is 1. The molecule has 4 nitrogen and oxygen atoms in total. The van der Waals surface area contributed by atoms with Crippen LogP contribution in [-0.4, -0.2) is 36.5 Å². The molecular formula is C16H24N2O2. The quantitative estimate of drug-likeness (QED) is 0.918. The van der Waals surface area contributed by atoms with Crippen LogP contribution in [0.4, 0.5) is 0 Å². The van der Waals surface area contributed by atoms with Crippen molar-refractivity contribution in [1.29, 1.82) is 0 Å². The molecule has 0 saturated carbocycles. The number of carbonyl (C=O) groups is 1. The van der Waals surface area contributed by atoms with Crippen LogP contribution in [0, 0.1) is 5.92 Å². The van der Waals surface area contributed by atoms with E-state index in [9.17, 15) is 4.79 Å². The minimum absolute atomic E-state index is 0.0901. The van der Waals surface area contributed by atoms with Gasteiger partial charge in [-0.15, -0.1) is 0 Å². The molecule has 110 valence electrons. The molecule has 1 amide bonds. The van der Waals surface area contributed by atoms with Gasteiger partial charge in [0.25, 0.3) is 5.91 Å². The monoisotopic (exact) mass is 276 g/mol. The average Bonchev–Trinajstić information content (AvgIpc) is 2.46. The normalized spacial score (nSPS) is 16.5. The second kappa shape index (κ2) is 6.75. The van der Waals surface area contributed by atoms with Gasteiger partial charge < -0.3 is 15.4 Å². The zero-order valence-electron chi connectivity index (χ0n) is 12.3. The lowest BCUT2D eigenvalue weighted by Crippen LogP contribution is -2.42. The Hall–Kier alpha value is -1.55. The highest BCUT2D eigenvalue weighted by Crippen LogP contribution is 2.17. The van der Waals surface area contributed by atoms with Crippen molar-refractivity contribution in [3.63, 3.8) is 0 Å². The van der Waals surface area contributed by atoms with Gasteiger partial charge in [0.05, 0.1) is 6.61 Å². The van der Waals surface area contributed by atoms with Gasteiger partial charge in [0, 0.05) is 24.7 Å². The summed E-state index contributed by atoms with van der Waals surface area (Å²) in [6, 6.07) is 7.65. The van der Waals surface area contributed by atoms with Gasteiger partial charge in [-0.3, -0.25) is 4.79 Å². The third-order valence-corrected chi connectivity index (χ3v) is 3.51. The van der Waals surface area contributed by atoms with Crippen molar-refractivity contribution in [3.8, 4) is 5.75 Å². The maximum Gasteiger partial charge on any atom is 0.253 e. The molecule has 1 saturated heterocycles. The molecule has 0 aliphatic carbocycles. The Bertz CT molecular complexity index is 434. The molecule has 2 N–H and O–H groups in total. The van der Waals surface area contributed by atoms with Crippen LogP contribution in [0.3, 0.4) is 0 Å². The largest absolute Gasteiger partial charge is 0.493 e. The second-order valence-electron chi connectivity index (χ2n) is 5.86. The molecule has 2 rings (SSSR count). The van der Waals surface area contributed by atoms with Gasteiger partial charge >= 0.3 is 0 Å². The third-order valence-electron chi connectivity index (χ3n) is 3.51. The molecule has 1 aromatic rings. The summed E-state index contributed by atoms with van der Waals surface area (Å²) in [7, 11) is 0. The topological polar surface area (TPSA) is 55.6 Å². The van der Waals surface area contributed by atoms with Crippen LogP contribution in [0.15, 0.2) is 24.3 Å². The Morgan fingerprint density at radius 2 is 1.90 bits per heavy atom. The fraction of sp³-hybridized carbons (Fsp3) is 0.562. The first-order valence-corrected chi connectivity index (χ1v) is 7.34. The van der Waals surface area contributed by atoms with Crippen LogP contribution >= 0.6 is 0 Å². The number of benzene rings is 1. The lowest BCUT2D eigenvalue weighted by molar-refractivity contribution is 0.0714. The first kappa shape index (κ1) is 14.9. The van der Waals surface area contributed by atoms with E-state index in [1.165, 1.54) is 0 Å². The summed E-state index contributed by atoms with van der Waals surface area (Å²) in [6.07, 6.45) is 1.78. The van der Waals surface area contributed by atoms with Crippen LogP contribution in [0.2, 0.25) is 0 Å². The van der Waals surface area contributed by atoms with Crippen LogP contribution < -0.4 is 10.5 Å². The van der Waals surface area contributed by atoms with E-state index in [2.05, 4.69) is 13.8 Å². The van der Waals surface area contributed by atoms with Gasteiger partial charge in [0.15, 0.2) is 0 Å². The van der Waals surface area contributed by atoms with E-state index in [0.717, 1.165) is 37.2 Å². The van der Waals surface area contributed by atoms with Crippen LogP contribution in [0.25, 0.3) is 0 Å². The Morgan fingerprint density at radius 3 is 2.45 bits per heavy atom. The Balaban J connectivity index is 1.93. The summed E-state index contributed by atoms with van der Waals surface area (Å²) in [5.74, 6) is 1.40. The molecule has 4 heteroatoms. The Morgan fingerprint density at radius 1 is 1.30 bits per heavy atom. The van der Waals surface area contributed by atoms with Gasteiger partial charge in [0.1, 0.15) is 5.75 Å². The fourth-order valence-corrected chi connectivity index (χ4v) is 2.24. The van der Waals surface area contributed by atoms with Gasteiger partial charge in [0.2, 0.25) is 0 Å². The summed E-state index contributed by atoms with van der Waals surface area (Å²) in [4.78, 5) is 14.2. The SMILES string of the molecule is CC(C)COc1ccc(C(=O)N2CCC(N)CC2)cc1. The summed E-state index contributed by atoms with van der Waals surface area (Å²) in [5, 5.41) is 0. The summed E-state index contributed by atoms with van der Waals surface area (Å²) < 4.78 is 5.62. The van der Waals surface area contributed by atoms with Crippen molar-refractivity contribution >= 4 is 5.91 Å². The van der Waals surface area contributed by atoms with Crippen LogP contribution in [0.1, 0.15) is 37.0 Å². The first-order valence-electron chi connectivity index (χ1n) is 7.34. The predicted octanol–water partition coefficient (Wildman–Crippen LogP) is 2.28. The number of hydrogen-bond acceptors (Lipinski definition) is 3. The molecule has 1 aromatic carbocycles. The summed E-state index contributed by atoms with van der Waals surface area (Å²) in [6.45, 7) is 6.42. The number of piperidine rings is 1. The van der Waals surface area contributed by atoms with E-state index in [0.29, 0.717) is 12.5 Å². The molecule has 1 aliphatic rings. The third kappa shape index (κ3) is 3.97. The van der Waals surface area contributed by atoms with E-state index in [1.807, 2.05) is 29.2 Å². The summed E-state index contributed by atoms with van der Waals surface area (Å²) in [5.41, 5.74) is 6.58. The van der Waals surface area contributed by atoms with E-state index in [4.69, 9.17) is 10.5 Å². The summed E-state index contributed by atoms with van der Waals surface area (Å²) >= 11 is 0. The number of hydrogen-bond donors (Lipinski definition) is 1. The van der Waals surface area contributed by atoms with E-state index >= 15 is 0 Å². The average molecular weight is 276 g/mol. The molecule has 0 unspecified atom stereocenters. The van der Waals surface area contributed by atoms with Crippen molar-refractivity contribution in [2.75, 3.05) is 19.7 Å². The Labute approximate surface area is 120 Å². The molecule has 1 aliphatic heterocycles. The standard InChI is InChI=1S/C16H24N2O2/c1-12(2)11-20-15-5-3-13(4-6-15)16(19)18-9-7-14(17)8-10-18/h3-6,12,14H,7-11,17H2,1-2H3. The highest BCUT2D eigenvalue weighted by Gasteiger charge is 2.21. The number of carbonyl (C=O) groups excluding carboxylic acids is 1. The molecule has 0 atom stereocenters. The van der Waals surface area contributed by atoms with E-state index in [1.54, 1.807) is 0 Å². The minimum atomic E-state index is 0.0901. The van der Waals surface area contributed by atoms with Crippen molar-refractivity contribution in [2.24, 2.45) is 11.7 Å². The molecular weight excluding hydrogens is 252 g/mol. The van der Waals surface area contributed by atoms with Crippen LogP contribution in [0.5, 0.6) is 5.75 Å². The van der Waals surface area contributed by atoms with Gasteiger partial charge in [-0.25, -0.2) is 0 Å². The maximum absolute atomic E-state index is 12.3. The maximum atomic E-state index is 12.3. The highest BCUT2D eigenvalue weighted by molar-refractivity contribution is 5.94. The smallest absolute Gasteiger partial charge is 0.253 e. The highest BCUT2D eigenvalue weighted by atomic mass is 16.5. The van der Waals surface area contributed by atoms with Crippen molar-refractivity contribution < 1.29 is 9.53 Å². The molecule has 1 heterocycles.